The molecule has 2 fully saturated rings. The SMILES string of the molecule is CCCCC1CC(=O)C1C1CCCCC1. The Kier molecular flexibility index (Phi) is 3.82. The number of unbranched alkanes of at least 4 members (excludes halogenated alkanes) is 1. The summed E-state index contributed by atoms with van der Waals surface area (Å²) in [5.74, 6) is 2.60. The minimum Gasteiger partial charge on any atom is -0.299 e. The van der Waals surface area contributed by atoms with Crippen LogP contribution >= 0.6 is 0 Å². The number of Topliss-reactive ketones (excluding diaryl/α,β-unsaturated/α-hetero) is 1. The molecule has 0 radical (unpaired) electrons. The average molecular weight is 208 g/mol. The number of hydrogen-bond acceptors (Lipinski definition) is 1. The van der Waals surface area contributed by atoms with Crippen molar-refractivity contribution >= 4 is 5.78 Å². The van der Waals surface area contributed by atoms with Gasteiger partial charge in [0.15, 0.2) is 0 Å². The summed E-state index contributed by atoms with van der Waals surface area (Å²) in [7, 11) is 0. The molecule has 1 heteroatoms. The summed E-state index contributed by atoms with van der Waals surface area (Å²) in [5.41, 5.74) is 0. The lowest BCUT2D eigenvalue weighted by atomic mass is 9.61. The topological polar surface area (TPSA) is 17.1 Å². The van der Waals surface area contributed by atoms with Gasteiger partial charge < -0.3 is 0 Å². The third-order valence-corrected chi connectivity index (χ3v) is 4.43. The molecule has 86 valence electrons. The smallest absolute Gasteiger partial charge is 0.136 e. The second-order valence-electron chi connectivity index (χ2n) is 5.50. The molecule has 2 atom stereocenters. The number of carbonyl (C=O) groups excluding carboxylic acids is 1. The third kappa shape index (κ3) is 2.43. The van der Waals surface area contributed by atoms with Crippen molar-refractivity contribution < 1.29 is 4.79 Å². The molecule has 2 rings (SSSR count). The van der Waals surface area contributed by atoms with Crippen LogP contribution in [0.25, 0.3) is 0 Å². The summed E-state index contributed by atoms with van der Waals surface area (Å²) in [6.07, 6.45) is 11.6. The van der Waals surface area contributed by atoms with Crippen LogP contribution in [0.3, 0.4) is 0 Å². The van der Waals surface area contributed by atoms with Gasteiger partial charge in [-0.3, -0.25) is 4.79 Å². The molecule has 2 aliphatic rings. The summed E-state index contributed by atoms with van der Waals surface area (Å²) >= 11 is 0. The van der Waals surface area contributed by atoms with Gasteiger partial charge in [0, 0.05) is 12.3 Å². The molecule has 1 nitrogen and oxygen atoms in total. The minimum atomic E-state index is 0.483. The summed E-state index contributed by atoms with van der Waals surface area (Å²) < 4.78 is 0. The largest absolute Gasteiger partial charge is 0.299 e. The molecule has 2 saturated carbocycles. The van der Waals surface area contributed by atoms with Crippen LogP contribution in [-0.4, -0.2) is 5.78 Å². The van der Waals surface area contributed by atoms with E-state index >= 15 is 0 Å². The van der Waals surface area contributed by atoms with E-state index in [0.29, 0.717) is 11.7 Å². The lowest BCUT2D eigenvalue weighted by Crippen LogP contribution is -2.42. The van der Waals surface area contributed by atoms with Crippen molar-refractivity contribution in [1.29, 1.82) is 0 Å². The Morgan fingerprint density at radius 2 is 1.93 bits per heavy atom. The maximum absolute atomic E-state index is 11.7. The summed E-state index contributed by atoms with van der Waals surface area (Å²) in [6, 6.07) is 0. The zero-order chi connectivity index (χ0) is 10.7. The van der Waals surface area contributed by atoms with Crippen molar-refractivity contribution in [1.82, 2.24) is 0 Å². The van der Waals surface area contributed by atoms with Gasteiger partial charge in [-0.25, -0.2) is 0 Å². The molecule has 0 aliphatic heterocycles. The van der Waals surface area contributed by atoms with Crippen molar-refractivity contribution in [2.24, 2.45) is 17.8 Å². The molecular formula is C14H24O. The quantitative estimate of drug-likeness (QED) is 0.683. The van der Waals surface area contributed by atoms with E-state index in [1.54, 1.807) is 0 Å². The van der Waals surface area contributed by atoms with E-state index in [4.69, 9.17) is 0 Å². The highest BCUT2D eigenvalue weighted by atomic mass is 16.1. The second-order valence-corrected chi connectivity index (χ2v) is 5.50. The highest BCUT2D eigenvalue weighted by Crippen LogP contribution is 2.44. The first kappa shape index (κ1) is 11.2. The molecule has 0 spiro atoms. The van der Waals surface area contributed by atoms with E-state index in [1.807, 2.05) is 0 Å². The molecule has 0 aromatic heterocycles. The van der Waals surface area contributed by atoms with Crippen LogP contribution in [0.1, 0.15) is 64.7 Å². The number of ketones is 1. The predicted octanol–water partition coefficient (Wildman–Crippen LogP) is 3.96. The first-order valence-corrected chi connectivity index (χ1v) is 6.85. The fraction of sp³-hybridized carbons (Fsp3) is 0.929. The molecule has 0 heterocycles. The fourth-order valence-electron chi connectivity index (χ4n) is 3.51. The Labute approximate surface area is 93.6 Å². The van der Waals surface area contributed by atoms with E-state index in [1.165, 1.54) is 51.4 Å². The first-order valence-electron chi connectivity index (χ1n) is 6.85. The lowest BCUT2D eigenvalue weighted by molar-refractivity contribution is -0.138. The standard InChI is InChI=1S/C14H24O/c1-2-3-7-12-10-13(15)14(12)11-8-5-4-6-9-11/h11-12,14H,2-10H2,1H3. The van der Waals surface area contributed by atoms with Crippen molar-refractivity contribution in [3.05, 3.63) is 0 Å². The average Bonchev–Trinajstić information content (AvgIpc) is 2.25. The van der Waals surface area contributed by atoms with Gasteiger partial charge in [-0.05, 0) is 31.1 Å². The van der Waals surface area contributed by atoms with Crippen LogP contribution in [0.2, 0.25) is 0 Å². The third-order valence-electron chi connectivity index (χ3n) is 4.43. The zero-order valence-electron chi connectivity index (χ0n) is 10.0. The van der Waals surface area contributed by atoms with Gasteiger partial charge in [0.05, 0.1) is 0 Å². The van der Waals surface area contributed by atoms with Crippen molar-refractivity contribution in [3.8, 4) is 0 Å². The Balaban J connectivity index is 1.84. The van der Waals surface area contributed by atoms with Crippen LogP contribution < -0.4 is 0 Å². The summed E-state index contributed by atoms with van der Waals surface area (Å²) in [5, 5.41) is 0. The van der Waals surface area contributed by atoms with Crippen molar-refractivity contribution in [3.63, 3.8) is 0 Å². The van der Waals surface area contributed by atoms with E-state index in [2.05, 4.69) is 6.92 Å². The van der Waals surface area contributed by atoms with Crippen LogP contribution in [0.15, 0.2) is 0 Å². The summed E-state index contributed by atoms with van der Waals surface area (Å²) in [6.45, 7) is 2.25. The Morgan fingerprint density at radius 3 is 2.53 bits per heavy atom. The molecular weight excluding hydrogens is 184 g/mol. The minimum absolute atomic E-state index is 0.483. The normalized spacial score (nSPS) is 32.7. The van der Waals surface area contributed by atoms with E-state index < -0.39 is 0 Å². The van der Waals surface area contributed by atoms with Gasteiger partial charge in [-0.15, -0.1) is 0 Å². The molecule has 2 unspecified atom stereocenters. The lowest BCUT2D eigenvalue weighted by Gasteiger charge is -2.42. The maximum Gasteiger partial charge on any atom is 0.136 e. The Morgan fingerprint density at radius 1 is 1.20 bits per heavy atom. The van der Waals surface area contributed by atoms with Gasteiger partial charge in [0.1, 0.15) is 5.78 Å². The number of rotatable bonds is 4. The first-order chi connectivity index (χ1) is 7.33. The highest BCUT2D eigenvalue weighted by molar-refractivity contribution is 5.87. The highest BCUT2D eigenvalue weighted by Gasteiger charge is 2.43. The molecule has 15 heavy (non-hydrogen) atoms. The van der Waals surface area contributed by atoms with Gasteiger partial charge >= 0.3 is 0 Å². The second kappa shape index (κ2) is 5.14. The number of hydrogen-bond donors (Lipinski definition) is 0. The maximum atomic E-state index is 11.7. The van der Waals surface area contributed by atoms with E-state index in [-0.39, 0.29) is 0 Å². The summed E-state index contributed by atoms with van der Waals surface area (Å²) in [4.78, 5) is 11.7. The van der Waals surface area contributed by atoms with Crippen molar-refractivity contribution in [2.75, 3.05) is 0 Å². The van der Waals surface area contributed by atoms with E-state index in [9.17, 15) is 4.79 Å². The molecule has 0 saturated heterocycles. The molecule has 0 aromatic carbocycles. The van der Waals surface area contributed by atoms with Gasteiger partial charge in [0.25, 0.3) is 0 Å². The molecule has 0 bridgehead atoms. The number of carbonyl (C=O) groups is 1. The predicted molar refractivity (Wildman–Crippen MR) is 62.7 cm³/mol. The fourth-order valence-corrected chi connectivity index (χ4v) is 3.51. The van der Waals surface area contributed by atoms with Crippen molar-refractivity contribution in [2.45, 2.75) is 64.7 Å². The van der Waals surface area contributed by atoms with Gasteiger partial charge in [-0.1, -0.05) is 39.0 Å². The molecule has 2 aliphatic carbocycles. The molecule has 0 N–H and O–H groups in total. The Bertz CT molecular complexity index is 215. The van der Waals surface area contributed by atoms with Crippen LogP contribution in [0, 0.1) is 17.8 Å². The van der Waals surface area contributed by atoms with Gasteiger partial charge in [-0.2, -0.15) is 0 Å². The monoisotopic (exact) mass is 208 g/mol. The van der Waals surface area contributed by atoms with Crippen LogP contribution in [0.4, 0.5) is 0 Å². The molecule has 0 aromatic rings. The van der Waals surface area contributed by atoms with E-state index in [0.717, 1.165) is 18.3 Å². The zero-order valence-corrected chi connectivity index (χ0v) is 10.0. The van der Waals surface area contributed by atoms with Gasteiger partial charge in [0.2, 0.25) is 0 Å². The molecule has 0 amide bonds. The van der Waals surface area contributed by atoms with Crippen LogP contribution in [0.5, 0.6) is 0 Å². The Hall–Kier alpha value is -0.330. The van der Waals surface area contributed by atoms with Crippen LogP contribution in [-0.2, 0) is 4.79 Å².